The summed E-state index contributed by atoms with van der Waals surface area (Å²) in [5.41, 5.74) is 0.205. The summed E-state index contributed by atoms with van der Waals surface area (Å²) in [5, 5.41) is 0.266. The topological polar surface area (TPSA) is 78.9 Å². The van der Waals surface area contributed by atoms with E-state index in [0.29, 0.717) is 0 Å². The van der Waals surface area contributed by atoms with E-state index < -0.39 is 16.1 Å². The van der Waals surface area contributed by atoms with E-state index >= 15 is 0 Å². The quantitative estimate of drug-likeness (QED) is 0.605. The fraction of sp³-hybridized carbons (Fsp3) is 0.133. The number of carbonyl (C=O) groups is 1. The lowest BCUT2D eigenvalue weighted by Gasteiger charge is -2.11. The van der Waals surface area contributed by atoms with Gasteiger partial charge in [-0.3, -0.25) is 0 Å². The average molecular weight is 357 g/mol. The molecule has 8 heteroatoms. The highest BCUT2D eigenvalue weighted by Gasteiger charge is 2.20. The lowest BCUT2D eigenvalue weighted by molar-refractivity contribution is 0.0600. The molecule has 0 fully saturated rings. The minimum absolute atomic E-state index is 0.0554. The Hall–Kier alpha value is -2.25. The molecule has 0 spiro atoms. The predicted molar refractivity (Wildman–Crippen MR) is 83.6 cm³/mol. The Bertz CT molecular complexity index is 832. The molecule has 122 valence electrons. The van der Waals surface area contributed by atoms with Gasteiger partial charge in [0, 0.05) is 5.02 Å². The van der Waals surface area contributed by atoms with Crippen LogP contribution in [0.15, 0.2) is 47.4 Å². The Kier molecular flexibility index (Phi) is 5.12. The largest absolute Gasteiger partial charge is 0.493 e. The monoisotopic (exact) mass is 356 g/mol. The number of halogens is 1. The average Bonchev–Trinajstić information content (AvgIpc) is 2.54. The lowest BCUT2D eigenvalue weighted by Crippen LogP contribution is -2.11. The van der Waals surface area contributed by atoms with Crippen LogP contribution < -0.4 is 8.92 Å². The minimum atomic E-state index is -4.09. The molecule has 0 saturated carbocycles. The molecule has 0 aliphatic carbocycles. The van der Waals surface area contributed by atoms with E-state index in [1.165, 1.54) is 50.6 Å². The second-order valence-electron chi connectivity index (χ2n) is 4.35. The summed E-state index contributed by atoms with van der Waals surface area (Å²) < 4.78 is 39.3. The minimum Gasteiger partial charge on any atom is -0.493 e. The van der Waals surface area contributed by atoms with Crippen LogP contribution in [-0.2, 0) is 14.9 Å². The van der Waals surface area contributed by atoms with Crippen molar-refractivity contribution in [3.8, 4) is 11.5 Å². The highest BCUT2D eigenvalue weighted by atomic mass is 35.5. The van der Waals surface area contributed by atoms with Crippen molar-refractivity contribution in [1.82, 2.24) is 0 Å². The van der Waals surface area contributed by atoms with Crippen LogP contribution in [0, 0.1) is 0 Å². The molecule has 2 rings (SSSR count). The van der Waals surface area contributed by atoms with Crippen LogP contribution in [0.25, 0.3) is 0 Å². The highest BCUT2D eigenvalue weighted by Crippen LogP contribution is 2.31. The zero-order valence-electron chi connectivity index (χ0n) is 12.3. The number of methoxy groups -OCH3 is 2. The summed E-state index contributed by atoms with van der Waals surface area (Å²) in [6, 6.07) is 9.68. The SMILES string of the molecule is COC(=O)c1ccc(OS(=O)(=O)c2cccc(Cl)c2)c(OC)c1. The van der Waals surface area contributed by atoms with Gasteiger partial charge in [-0.1, -0.05) is 17.7 Å². The van der Waals surface area contributed by atoms with Crippen molar-refractivity contribution in [2.24, 2.45) is 0 Å². The maximum atomic E-state index is 12.3. The van der Waals surface area contributed by atoms with E-state index in [0.717, 1.165) is 0 Å². The molecule has 0 heterocycles. The van der Waals surface area contributed by atoms with Crippen molar-refractivity contribution >= 4 is 27.7 Å². The first-order valence-electron chi connectivity index (χ1n) is 6.34. The van der Waals surface area contributed by atoms with Gasteiger partial charge in [-0.2, -0.15) is 8.42 Å². The summed E-state index contributed by atoms with van der Waals surface area (Å²) in [6.07, 6.45) is 0. The molecule has 0 saturated heterocycles. The van der Waals surface area contributed by atoms with Gasteiger partial charge < -0.3 is 13.7 Å². The van der Waals surface area contributed by atoms with Crippen LogP contribution in [-0.4, -0.2) is 28.6 Å². The first-order valence-corrected chi connectivity index (χ1v) is 8.12. The van der Waals surface area contributed by atoms with Crippen molar-refractivity contribution in [2.45, 2.75) is 4.90 Å². The third kappa shape index (κ3) is 3.94. The van der Waals surface area contributed by atoms with E-state index in [1.807, 2.05) is 0 Å². The highest BCUT2D eigenvalue weighted by molar-refractivity contribution is 7.87. The predicted octanol–water partition coefficient (Wildman–Crippen LogP) is 2.90. The fourth-order valence-corrected chi connectivity index (χ4v) is 3.01. The number of ether oxygens (including phenoxy) is 2. The molecule has 2 aromatic rings. The first kappa shape index (κ1) is 17.1. The molecule has 0 bridgehead atoms. The smallest absolute Gasteiger partial charge is 0.339 e. The van der Waals surface area contributed by atoms with Crippen LogP contribution >= 0.6 is 11.6 Å². The number of hydrogen-bond donors (Lipinski definition) is 0. The molecule has 0 N–H and O–H groups in total. The van der Waals surface area contributed by atoms with Gasteiger partial charge >= 0.3 is 16.1 Å². The Balaban J connectivity index is 2.37. The Labute approximate surface area is 138 Å². The Morgan fingerprint density at radius 1 is 1.04 bits per heavy atom. The molecule has 0 amide bonds. The molecule has 0 aliphatic rings. The zero-order chi connectivity index (χ0) is 17.0. The Morgan fingerprint density at radius 3 is 2.39 bits per heavy atom. The van der Waals surface area contributed by atoms with Crippen molar-refractivity contribution in [3.63, 3.8) is 0 Å². The van der Waals surface area contributed by atoms with Crippen molar-refractivity contribution in [3.05, 3.63) is 53.1 Å². The summed E-state index contributed by atoms with van der Waals surface area (Å²) in [4.78, 5) is 11.4. The zero-order valence-corrected chi connectivity index (χ0v) is 13.8. The molecular weight excluding hydrogens is 344 g/mol. The fourth-order valence-electron chi connectivity index (χ4n) is 1.77. The third-order valence-corrected chi connectivity index (χ3v) is 4.33. The molecule has 0 atom stereocenters. The standard InChI is InChI=1S/C15H13ClO6S/c1-20-14-8-10(15(17)21-2)6-7-13(14)22-23(18,19)12-5-3-4-11(16)9-12/h3-9H,1-2H3. The molecular formula is C15H13ClO6S. The van der Waals surface area contributed by atoms with E-state index in [4.69, 9.17) is 20.5 Å². The van der Waals surface area contributed by atoms with Crippen LogP contribution in [0.1, 0.15) is 10.4 Å². The molecule has 0 unspecified atom stereocenters. The van der Waals surface area contributed by atoms with E-state index in [1.54, 1.807) is 6.07 Å². The molecule has 0 aromatic heterocycles. The second kappa shape index (κ2) is 6.89. The normalized spacial score (nSPS) is 10.9. The molecule has 23 heavy (non-hydrogen) atoms. The maximum Gasteiger partial charge on any atom is 0.339 e. The number of carbonyl (C=O) groups excluding carboxylic acids is 1. The third-order valence-electron chi connectivity index (χ3n) is 2.87. The van der Waals surface area contributed by atoms with Gasteiger partial charge in [-0.05, 0) is 36.4 Å². The summed E-state index contributed by atoms with van der Waals surface area (Å²) in [5.74, 6) is -0.550. The molecule has 0 radical (unpaired) electrons. The van der Waals surface area contributed by atoms with Crippen LogP contribution in [0.3, 0.4) is 0 Å². The van der Waals surface area contributed by atoms with Gasteiger partial charge in [0.25, 0.3) is 0 Å². The van der Waals surface area contributed by atoms with Crippen molar-refractivity contribution < 1.29 is 26.9 Å². The van der Waals surface area contributed by atoms with Crippen molar-refractivity contribution in [1.29, 1.82) is 0 Å². The second-order valence-corrected chi connectivity index (χ2v) is 6.33. The first-order chi connectivity index (χ1) is 10.9. The summed E-state index contributed by atoms with van der Waals surface area (Å²) in [6.45, 7) is 0. The van der Waals surface area contributed by atoms with Gasteiger partial charge in [-0.15, -0.1) is 0 Å². The van der Waals surface area contributed by atoms with Gasteiger partial charge in [0.2, 0.25) is 0 Å². The number of rotatable bonds is 5. The van der Waals surface area contributed by atoms with Gasteiger partial charge in [0.1, 0.15) is 4.90 Å². The van der Waals surface area contributed by atoms with E-state index in [9.17, 15) is 13.2 Å². The van der Waals surface area contributed by atoms with Crippen LogP contribution in [0.2, 0.25) is 5.02 Å². The summed E-state index contributed by atoms with van der Waals surface area (Å²) in [7, 11) is -1.52. The van der Waals surface area contributed by atoms with Gasteiger partial charge in [0.05, 0.1) is 19.8 Å². The number of hydrogen-bond acceptors (Lipinski definition) is 6. The molecule has 2 aromatic carbocycles. The molecule has 6 nitrogen and oxygen atoms in total. The van der Waals surface area contributed by atoms with Crippen LogP contribution in [0.4, 0.5) is 0 Å². The van der Waals surface area contributed by atoms with Gasteiger partial charge in [-0.25, -0.2) is 4.79 Å². The lowest BCUT2D eigenvalue weighted by atomic mass is 10.2. The van der Waals surface area contributed by atoms with E-state index in [-0.39, 0.29) is 27.0 Å². The molecule has 0 aliphatic heterocycles. The maximum absolute atomic E-state index is 12.3. The van der Waals surface area contributed by atoms with Gasteiger partial charge in [0.15, 0.2) is 11.5 Å². The number of benzene rings is 2. The Morgan fingerprint density at radius 2 is 1.78 bits per heavy atom. The van der Waals surface area contributed by atoms with E-state index in [2.05, 4.69) is 4.74 Å². The summed E-state index contributed by atoms with van der Waals surface area (Å²) >= 11 is 5.79. The van der Waals surface area contributed by atoms with Crippen LogP contribution in [0.5, 0.6) is 11.5 Å². The number of esters is 1. The van der Waals surface area contributed by atoms with Crippen molar-refractivity contribution in [2.75, 3.05) is 14.2 Å².